The van der Waals surface area contributed by atoms with E-state index in [4.69, 9.17) is 4.74 Å². The van der Waals surface area contributed by atoms with Gasteiger partial charge in [-0.05, 0) is 32.0 Å². The van der Waals surface area contributed by atoms with Gasteiger partial charge in [-0.2, -0.15) is 0 Å². The summed E-state index contributed by atoms with van der Waals surface area (Å²) in [5, 5.41) is 2.61. The molecule has 0 atom stereocenters. The van der Waals surface area contributed by atoms with Gasteiger partial charge in [0.05, 0.1) is 0 Å². The first-order valence-corrected chi connectivity index (χ1v) is 8.15. The predicted octanol–water partition coefficient (Wildman–Crippen LogP) is 1.14. The third-order valence-corrected chi connectivity index (χ3v) is 4.87. The molecule has 21 heavy (non-hydrogen) atoms. The zero-order valence-corrected chi connectivity index (χ0v) is 12.5. The number of hydrogen-bond acceptors (Lipinski definition) is 4. The third-order valence-electron chi connectivity index (χ3n) is 3.34. The van der Waals surface area contributed by atoms with Gasteiger partial charge in [0.25, 0.3) is 0 Å². The largest absolute Gasteiger partial charge is 0.381 e. The van der Waals surface area contributed by atoms with Crippen LogP contribution in [-0.4, -0.2) is 34.7 Å². The normalized spacial score (nSPS) is 17.1. The maximum absolute atomic E-state index is 14.2. The zero-order chi connectivity index (χ0) is 15.5. The van der Waals surface area contributed by atoms with Crippen molar-refractivity contribution in [1.29, 1.82) is 0 Å². The second-order valence-corrected chi connectivity index (χ2v) is 6.56. The lowest BCUT2D eigenvalue weighted by Crippen LogP contribution is -2.39. The summed E-state index contributed by atoms with van der Waals surface area (Å²) < 4.78 is 59.9. The molecule has 5 nitrogen and oxygen atoms in total. The Kier molecular flexibility index (Phi) is 5.26. The topological polar surface area (TPSA) is 67.4 Å². The van der Waals surface area contributed by atoms with Crippen molar-refractivity contribution >= 4 is 10.0 Å². The van der Waals surface area contributed by atoms with Gasteiger partial charge in [0, 0.05) is 31.4 Å². The highest BCUT2D eigenvalue weighted by Crippen LogP contribution is 2.22. The lowest BCUT2D eigenvalue weighted by atomic mass is 10.1. The summed E-state index contributed by atoms with van der Waals surface area (Å²) in [5.41, 5.74) is -0.285. The summed E-state index contributed by atoms with van der Waals surface area (Å²) >= 11 is 0. The Hall–Kier alpha value is -1.09. The van der Waals surface area contributed by atoms with Crippen LogP contribution in [0.3, 0.4) is 0 Å². The van der Waals surface area contributed by atoms with E-state index >= 15 is 0 Å². The monoisotopic (exact) mass is 320 g/mol. The molecular weight excluding hydrogens is 302 g/mol. The molecule has 1 aromatic carbocycles. The maximum atomic E-state index is 14.2. The molecule has 0 unspecified atom stereocenters. The molecule has 8 heteroatoms. The molecule has 0 aliphatic carbocycles. The van der Waals surface area contributed by atoms with E-state index in [1.54, 1.807) is 0 Å². The second-order valence-electron chi connectivity index (χ2n) is 4.88. The fourth-order valence-electron chi connectivity index (χ4n) is 2.22. The highest BCUT2D eigenvalue weighted by Gasteiger charge is 2.27. The Labute approximate surface area is 122 Å². The van der Waals surface area contributed by atoms with Crippen molar-refractivity contribution in [3.8, 4) is 0 Å². The molecule has 1 heterocycles. The highest BCUT2D eigenvalue weighted by molar-refractivity contribution is 7.89. The first-order chi connectivity index (χ1) is 9.95. The molecule has 0 radical (unpaired) electrons. The van der Waals surface area contributed by atoms with Crippen LogP contribution in [0, 0.1) is 11.6 Å². The lowest BCUT2D eigenvalue weighted by molar-refractivity contribution is 0.0832. The van der Waals surface area contributed by atoms with Crippen LogP contribution >= 0.6 is 0 Å². The minimum absolute atomic E-state index is 0.0850. The van der Waals surface area contributed by atoms with Gasteiger partial charge < -0.3 is 10.1 Å². The number of rotatable bonds is 5. The number of halogens is 2. The van der Waals surface area contributed by atoms with Crippen LogP contribution in [-0.2, 0) is 21.3 Å². The number of ether oxygens (including phenoxy) is 1. The van der Waals surface area contributed by atoms with E-state index in [1.807, 2.05) is 0 Å². The quantitative estimate of drug-likeness (QED) is 0.854. The van der Waals surface area contributed by atoms with Crippen molar-refractivity contribution in [3.05, 3.63) is 29.3 Å². The molecule has 0 aromatic heterocycles. The Morgan fingerprint density at radius 3 is 2.57 bits per heavy atom. The molecule has 1 aliphatic rings. The van der Waals surface area contributed by atoms with Crippen molar-refractivity contribution in [3.63, 3.8) is 0 Å². The van der Waals surface area contributed by atoms with Crippen LogP contribution in [0.5, 0.6) is 0 Å². The molecule has 118 valence electrons. The van der Waals surface area contributed by atoms with Gasteiger partial charge in [-0.3, -0.25) is 0 Å². The van der Waals surface area contributed by atoms with Gasteiger partial charge >= 0.3 is 0 Å². The second kappa shape index (κ2) is 6.78. The minimum atomic E-state index is -4.02. The number of hydrogen-bond donors (Lipinski definition) is 2. The zero-order valence-electron chi connectivity index (χ0n) is 11.7. The summed E-state index contributed by atoms with van der Waals surface area (Å²) in [6.45, 7) is 0.840. The van der Waals surface area contributed by atoms with Crippen LogP contribution in [0.15, 0.2) is 17.0 Å². The SMILES string of the molecule is CNCc1c(F)ccc(S(=O)(=O)NC2CCOCC2)c1F. The van der Waals surface area contributed by atoms with E-state index in [0.29, 0.717) is 26.1 Å². The van der Waals surface area contributed by atoms with E-state index in [9.17, 15) is 17.2 Å². The van der Waals surface area contributed by atoms with E-state index in [2.05, 4.69) is 10.0 Å². The molecule has 1 aromatic rings. The fraction of sp³-hybridized carbons (Fsp3) is 0.538. The van der Waals surface area contributed by atoms with Crippen LogP contribution < -0.4 is 10.0 Å². The molecule has 1 aliphatic heterocycles. The fourth-order valence-corrected chi connectivity index (χ4v) is 3.63. The summed E-state index contributed by atoms with van der Waals surface area (Å²) in [6.07, 6.45) is 1.07. The molecule has 2 N–H and O–H groups in total. The average Bonchev–Trinajstić information content (AvgIpc) is 2.43. The number of nitrogens with one attached hydrogen (secondary N) is 2. The third kappa shape index (κ3) is 3.76. The molecule has 0 spiro atoms. The summed E-state index contributed by atoms with van der Waals surface area (Å²) in [7, 11) is -2.50. The molecule has 2 rings (SSSR count). The molecule has 1 fully saturated rings. The van der Waals surface area contributed by atoms with Crippen molar-refractivity contribution in [2.45, 2.75) is 30.3 Å². The van der Waals surface area contributed by atoms with Crippen LogP contribution in [0.1, 0.15) is 18.4 Å². The van der Waals surface area contributed by atoms with Crippen LogP contribution in [0.4, 0.5) is 8.78 Å². The smallest absolute Gasteiger partial charge is 0.243 e. The van der Waals surface area contributed by atoms with E-state index in [-0.39, 0.29) is 18.2 Å². The average molecular weight is 320 g/mol. The standard InChI is InChI=1S/C13H18F2N2O3S/c1-16-8-10-11(14)2-3-12(13(10)15)21(18,19)17-9-4-6-20-7-5-9/h2-3,9,16-17H,4-8H2,1H3. The Morgan fingerprint density at radius 1 is 1.29 bits per heavy atom. The van der Waals surface area contributed by atoms with E-state index in [0.717, 1.165) is 12.1 Å². The summed E-state index contributed by atoms with van der Waals surface area (Å²) in [5.74, 6) is -1.82. The summed E-state index contributed by atoms with van der Waals surface area (Å²) in [4.78, 5) is -0.527. The molecule has 0 saturated carbocycles. The molecular formula is C13H18F2N2O3S. The van der Waals surface area contributed by atoms with Crippen molar-refractivity contribution < 1.29 is 21.9 Å². The van der Waals surface area contributed by atoms with Crippen molar-refractivity contribution in [2.75, 3.05) is 20.3 Å². The van der Waals surface area contributed by atoms with Crippen LogP contribution in [0.25, 0.3) is 0 Å². The van der Waals surface area contributed by atoms with Gasteiger partial charge in [0.1, 0.15) is 10.7 Å². The van der Waals surface area contributed by atoms with Gasteiger partial charge in [0.15, 0.2) is 5.82 Å². The molecule has 0 bridgehead atoms. The van der Waals surface area contributed by atoms with Gasteiger partial charge in [0.2, 0.25) is 10.0 Å². The van der Waals surface area contributed by atoms with Crippen LogP contribution in [0.2, 0.25) is 0 Å². The van der Waals surface area contributed by atoms with Gasteiger partial charge in [-0.1, -0.05) is 0 Å². The lowest BCUT2D eigenvalue weighted by Gasteiger charge is -2.23. The van der Waals surface area contributed by atoms with E-state index in [1.165, 1.54) is 7.05 Å². The van der Waals surface area contributed by atoms with Gasteiger partial charge in [-0.25, -0.2) is 21.9 Å². The number of benzene rings is 1. The first kappa shape index (κ1) is 16.3. The maximum Gasteiger partial charge on any atom is 0.243 e. The molecule has 1 saturated heterocycles. The van der Waals surface area contributed by atoms with E-state index < -0.39 is 26.6 Å². The Bertz CT molecular complexity index is 602. The van der Waals surface area contributed by atoms with Crippen molar-refractivity contribution in [1.82, 2.24) is 10.0 Å². The minimum Gasteiger partial charge on any atom is -0.381 e. The Morgan fingerprint density at radius 2 is 1.95 bits per heavy atom. The predicted molar refractivity (Wildman–Crippen MR) is 73.3 cm³/mol. The van der Waals surface area contributed by atoms with Crippen molar-refractivity contribution in [2.24, 2.45) is 0 Å². The first-order valence-electron chi connectivity index (χ1n) is 6.67. The molecule has 0 amide bonds. The number of sulfonamides is 1. The Balaban J connectivity index is 2.29. The summed E-state index contributed by atoms with van der Waals surface area (Å²) in [6, 6.07) is 1.63. The van der Waals surface area contributed by atoms with Gasteiger partial charge in [-0.15, -0.1) is 0 Å². The highest BCUT2D eigenvalue weighted by atomic mass is 32.2.